The molecule has 0 aromatic heterocycles. The summed E-state index contributed by atoms with van der Waals surface area (Å²) in [5.74, 6) is -0.626. The average molecular weight is 322 g/mol. The van der Waals surface area contributed by atoms with Gasteiger partial charge in [-0.15, -0.1) is 0 Å². The largest absolute Gasteiger partial charge is 0.348 e. The zero-order valence-corrected chi connectivity index (χ0v) is 12.7. The first kappa shape index (κ1) is 16.0. The van der Waals surface area contributed by atoms with E-state index >= 15 is 0 Å². The molecule has 0 saturated carbocycles. The Morgan fingerprint density at radius 1 is 1.05 bits per heavy atom. The van der Waals surface area contributed by atoms with Crippen LogP contribution in [0.1, 0.15) is 15.9 Å². The Bertz CT molecular complexity index is 756. The van der Waals surface area contributed by atoms with E-state index in [0.29, 0.717) is 11.3 Å². The molecule has 0 aliphatic carbocycles. The lowest BCUT2D eigenvalue weighted by atomic mass is 10.2. The lowest BCUT2D eigenvalue weighted by Crippen LogP contribution is -2.22. The second kappa shape index (κ2) is 6.57. The summed E-state index contributed by atoms with van der Waals surface area (Å²) in [6.07, 6.45) is 1.05. The summed E-state index contributed by atoms with van der Waals surface area (Å²) < 4.78 is 37.3. The maximum absolute atomic E-state index is 12.8. The third-order valence-electron chi connectivity index (χ3n) is 2.82. The van der Waals surface area contributed by atoms with Gasteiger partial charge in [-0.05, 0) is 42.0 Å². The molecule has 0 fully saturated rings. The van der Waals surface area contributed by atoms with Gasteiger partial charge in [0.05, 0.1) is 6.26 Å². The monoisotopic (exact) mass is 322 g/mol. The highest BCUT2D eigenvalue weighted by molar-refractivity contribution is 7.92. The van der Waals surface area contributed by atoms with Crippen LogP contribution in [-0.4, -0.2) is 20.6 Å². The molecular formula is C15H15FN2O3S. The highest BCUT2D eigenvalue weighted by Gasteiger charge is 2.07. The molecule has 0 heterocycles. The van der Waals surface area contributed by atoms with Gasteiger partial charge in [0.15, 0.2) is 0 Å². The number of nitrogens with one attached hydrogen (secondary N) is 2. The Hall–Kier alpha value is -2.41. The van der Waals surface area contributed by atoms with Crippen molar-refractivity contribution in [3.05, 3.63) is 65.5 Å². The SMILES string of the molecule is CS(=O)(=O)Nc1ccc(C(=O)NCc2ccc(F)cc2)cc1. The fourth-order valence-electron chi connectivity index (χ4n) is 1.79. The number of amides is 1. The molecule has 2 N–H and O–H groups in total. The van der Waals surface area contributed by atoms with E-state index in [1.165, 1.54) is 36.4 Å². The van der Waals surface area contributed by atoms with Crippen LogP contribution in [0.3, 0.4) is 0 Å². The smallest absolute Gasteiger partial charge is 0.251 e. The third kappa shape index (κ3) is 4.85. The fourth-order valence-corrected chi connectivity index (χ4v) is 2.35. The van der Waals surface area contributed by atoms with Crippen LogP contribution >= 0.6 is 0 Å². The molecule has 0 unspecified atom stereocenters. The zero-order valence-electron chi connectivity index (χ0n) is 11.8. The number of carbonyl (C=O) groups excluding carboxylic acids is 1. The highest BCUT2D eigenvalue weighted by Crippen LogP contribution is 2.11. The van der Waals surface area contributed by atoms with E-state index in [2.05, 4.69) is 10.0 Å². The minimum atomic E-state index is -3.34. The van der Waals surface area contributed by atoms with Gasteiger partial charge in [0.25, 0.3) is 5.91 Å². The summed E-state index contributed by atoms with van der Waals surface area (Å²) in [4.78, 5) is 12.0. The van der Waals surface area contributed by atoms with Crippen molar-refractivity contribution in [3.8, 4) is 0 Å². The first-order valence-corrected chi connectivity index (χ1v) is 8.33. The standard InChI is InChI=1S/C15H15FN2O3S/c1-22(20,21)18-14-8-4-12(5-9-14)15(19)17-10-11-2-6-13(16)7-3-11/h2-9,18H,10H2,1H3,(H,17,19). The molecule has 2 rings (SSSR count). The molecule has 5 nitrogen and oxygen atoms in total. The van der Waals surface area contributed by atoms with Crippen LogP contribution in [0, 0.1) is 5.82 Å². The van der Waals surface area contributed by atoms with Crippen LogP contribution in [0.25, 0.3) is 0 Å². The first-order chi connectivity index (χ1) is 10.3. The predicted octanol–water partition coefficient (Wildman–Crippen LogP) is 2.13. The summed E-state index contributed by atoms with van der Waals surface area (Å²) in [6.45, 7) is 0.280. The number of anilines is 1. The van der Waals surface area contributed by atoms with Crippen LogP contribution in [0.2, 0.25) is 0 Å². The van der Waals surface area contributed by atoms with E-state index in [1.54, 1.807) is 12.1 Å². The summed E-state index contributed by atoms with van der Waals surface area (Å²) in [6, 6.07) is 11.9. The molecule has 0 aliphatic rings. The molecule has 0 bridgehead atoms. The Kier molecular flexibility index (Phi) is 4.77. The molecule has 22 heavy (non-hydrogen) atoms. The molecule has 1 amide bonds. The Morgan fingerprint density at radius 2 is 1.64 bits per heavy atom. The van der Waals surface area contributed by atoms with Gasteiger partial charge in [-0.3, -0.25) is 9.52 Å². The van der Waals surface area contributed by atoms with Gasteiger partial charge in [0.1, 0.15) is 5.82 Å². The molecule has 0 atom stereocenters. The first-order valence-electron chi connectivity index (χ1n) is 6.44. The lowest BCUT2D eigenvalue weighted by Gasteiger charge is -2.07. The van der Waals surface area contributed by atoms with E-state index in [1.807, 2.05) is 0 Å². The lowest BCUT2D eigenvalue weighted by molar-refractivity contribution is 0.0951. The minimum absolute atomic E-state index is 0.280. The van der Waals surface area contributed by atoms with Gasteiger partial charge in [-0.1, -0.05) is 12.1 Å². The van der Waals surface area contributed by atoms with Gasteiger partial charge in [0.2, 0.25) is 10.0 Å². The van der Waals surface area contributed by atoms with E-state index < -0.39 is 10.0 Å². The van der Waals surface area contributed by atoms with Crippen LogP contribution in [-0.2, 0) is 16.6 Å². The van der Waals surface area contributed by atoms with Gasteiger partial charge in [0, 0.05) is 17.8 Å². The summed E-state index contributed by atoms with van der Waals surface area (Å²) in [7, 11) is -3.34. The molecule has 0 spiro atoms. The Morgan fingerprint density at radius 3 is 2.18 bits per heavy atom. The van der Waals surface area contributed by atoms with Gasteiger partial charge < -0.3 is 5.32 Å². The van der Waals surface area contributed by atoms with Crippen LogP contribution in [0.4, 0.5) is 10.1 Å². The van der Waals surface area contributed by atoms with Crippen molar-refractivity contribution in [3.63, 3.8) is 0 Å². The summed E-state index contributed by atoms with van der Waals surface area (Å²) in [5.41, 5.74) is 1.57. The fraction of sp³-hybridized carbons (Fsp3) is 0.133. The normalized spacial score (nSPS) is 11.0. The van der Waals surface area contributed by atoms with Crippen molar-refractivity contribution in [2.75, 3.05) is 11.0 Å². The number of carbonyl (C=O) groups is 1. The molecule has 116 valence electrons. The number of benzene rings is 2. The van der Waals surface area contributed by atoms with E-state index in [-0.39, 0.29) is 18.3 Å². The Labute approximate surface area is 128 Å². The zero-order chi connectivity index (χ0) is 16.2. The topological polar surface area (TPSA) is 75.3 Å². The highest BCUT2D eigenvalue weighted by atomic mass is 32.2. The molecule has 0 radical (unpaired) electrons. The predicted molar refractivity (Wildman–Crippen MR) is 82.5 cm³/mol. The quantitative estimate of drug-likeness (QED) is 0.885. The third-order valence-corrected chi connectivity index (χ3v) is 3.42. The van der Waals surface area contributed by atoms with Crippen molar-refractivity contribution in [1.82, 2.24) is 5.32 Å². The van der Waals surface area contributed by atoms with Gasteiger partial charge in [-0.2, -0.15) is 0 Å². The second-order valence-corrected chi connectivity index (χ2v) is 6.51. The number of halogens is 1. The van der Waals surface area contributed by atoms with Crippen LogP contribution in [0.5, 0.6) is 0 Å². The number of rotatable bonds is 5. The minimum Gasteiger partial charge on any atom is -0.348 e. The molecule has 2 aromatic carbocycles. The number of hydrogen-bond acceptors (Lipinski definition) is 3. The van der Waals surface area contributed by atoms with E-state index in [4.69, 9.17) is 0 Å². The maximum atomic E-state index is 12.8. The van der Waals surface area contributed by atoms with Crippen molar-refractivity contribution in [2.45, 2.75) is 6.54 Å². The van der Waals surface area contributed by atoms with Crippen LogP contribution < -0.4 is 10.0 Å². The molecule has 0 saturated heterocycles. The van der Waals surface area contributed by atoms with Crippen molar-refractivity contribution < 1.29 is 17.6 Å². The molecule has 0 aliphatic heterocycles. The van der Waals surface area contributed by atoms with E-state index in [9.17, 15) is 17.6 Å². The summed E-state index contributed by atoms with van der Waals surface area (Å²) >= 11 is 0. The van der Waals surface area contributed by atoms with Crippen molar-refractivity contribution in [1.29, 1.82) is 0 Å². The molecule has 7 heteroatoms. The summed E-state index contributed by atoms with van der Waals surface area (Å²) in [5, 5.41) is 2.70. The maximum Gasteiger partial charge on any atom is 0.251 e. The van der Waals surface area contributed by atoms with Crippen molar-refractivity contribution in [2.24, 2.45) is 0 Å². The number of sulfonamides is 1. The van der Waals surface area contributed by atoms with Crippen LogP contribution in [0.15, 0.2) is 48.5 Å². The average Bonchev–Trinajstić information content (AvgIpc) is 2.45. The van der Waals surface area contributed by atoms with Gasteiger partial charge >= 0.3 is 0 Å². The van der Waals surface area contributed by atoms with Crippen molar-refractivity contribution >= 4 is 21.6 Å². The Balaban J connectivity index is 1.96. The second-order valence-electron chi connectivity index (χ2n) is 4.76. The number of hydrogen-bond donors (Lipinski definition) is 2. The molecular weight excluding hydrogens is 307 g/mol. The van der Waals surface area contributed by atoms with Gasteiger partial charge in [-0.25, -0.2) is 12.8 Å². The molecule has 2 aromatic rings. The van der Waals surface area contributed by atoms with E-state index in [0.717, 1.165) is 11.8 Å².